The van der Waals surface area contributed by atoms with Crippen molar-refractivity contribution in [2.45, 2.75) is 20.3 Å². The lowest BCUT2D eigenvalue weighted by atomic mass is 10.1. The number of H-pyrrole nitrogens is 2. The number of nitro benzene ring substituents is 1. The van der Waals surface area contributed by atoms with Crippen LogP contribution in [-0.2, 0) is 6.42 Å². The van der Waals surface area contributed by atoms with E-state index in [2.05, 4.69) is 15.1 Å². The summed E-state index contributed by atoms with van der Waals surface area (Å²) in [5.41, 5.74) is 4.20. The van der Waals surface area contributed by atoms with E-state index in [0.717, 1.165) is 16.5 Å². The molecule has 2 aromatic carbocycles. The van der Waals surface area contributed by atoms with Crippen LogP contribution in [0, 0.1) is 17.0 Å². The van der Waals surface area contributed by atoms with E-state index < -0.39 is 4.92 Å². The van der Waals surface area contributed by atoms with Crippen molar-refractivity contribution < 1.29 is 4.92 Å². The molecular formula is C22H20ClN5O3. The first-order valence-corrected chi connectivity index (χ1v) is 10.1. The van der Waals surface area contributed by atoms with E-state index in [0.29, 0.717) is 40.6 Å². The molecule has 0 aliphatic heterocycles. The third-order valence-electron chi connectivity index (χ3n) is 5.21. The van der Waals surface area contributed by atoms with Crippen LogP contribution in [0.2, 0.25) is 5.02 Å². The first kappa shape index (κ1) is 20.6. The van der Waals surface area contributed by atoms with Gasteiger partial charge < -0.3 is 4.98 Å². The van der Waals surface area contributed by atoms with Crippen LogP contribution in [-0.4, -0.2) is 31.9 Å². The average Bonchev–Trinajstić information content (AvgIpc) is 3.27. The average molecular weight is 438 g/mol. The van der Waals surface area contributed by atoms with E-state index >= 15 is 0 Å². The van der Waals surface area contributed by atoms with Gasteiger partial charge >= 0.3 is 0 Å². The van der Waals surface area contributed by atoms with Gasteiger partial charge in [-0.15, -0.1) is 0 Å². The summed E-state index contributed by atoms with van der Waals surface area (Å²) in [6, 6.07) is 11.5. The molecular weight excluding hydrogens is 418 g/mol. The minimum Gasteiger partial charge on any atom is -0.361 e. The van der Waals surface area contributed by atoms with Gasteiger partial charge in [0.05, 0.1) is 16.2 Å². The summed E-state index contributed by atoms with van der Waals surface area (Å²) in [7, 11) is 0. The largest absolute Gasteiger partial charge is 0.361 e. The molecule has 4 rings (SSSR count). The molecule has 2 N–H and O–H groups in total. The highest BCUT2D eigenvalue weighted by atomic mass is 35.5. The van der Waals surface area contributed by atoms with Gasteiger partial charge in [0.1, 0.15) is 0 Å². The number of aryl methyl sites for hydroxylation is 1. The number of non-ortho nitro benzene ring substituents is 1. The molecule has 0 atom stereocenters. The molecule has 0 aliphatic rings. The number of hydrogen-bond donors (Lipinski definition) is 2. The van der Waals surface area contributed by atoms with Crippen molar-refractivity contribution in [3.05, 3.63) is 91.0 Å². The molecule has 0 amide bonds. The smallest absolute Gasteiger partial charge is 0.280 e. The van der Waals surface area contributed by atoms with Crippen molar-refractivity contribution >= 4 is 33.9 Å². The predicted molar refractivity (Wildman–Crippen MR) is 122 cm³/mol. The molecule has 0 radical (unpaired) electrons. The van der Waals surface area contributed by atoms with Crippen molar-refractivity contribution in [2.75, 3.05) is 6.54 Å². The topological polar surface area (TPSA) is 109 Å². The first-order valence-electron chi connectivity index (χ1n) is 9.68. The Hall–Kier alpha value is -3.65. The molecule has 2 heterocycles. The fourth-order valence-electron chi connectivity index (χ4n) is 3.66. The number of halogens is 1. The Labute approximate surface area is 182 Å². The van der Waals surface area contributed by atoms with E-state index in [9.17, 15) is 14.9 Å². The summed E-state index contributed by atoms with van der Waals surface area (Å²) < 4.78 is 1.37. The zero-order valence-electron chi connectivity index (χ0n) is 17.0. The molecule has 4 aromatic rings. The van der Waals surface area contributed by atoms with Gasteiger partial charge in [-0.2, -0.15) is 0 Å². The normalized spacial score (nSPS) is 11.9. The molecule has 9 heteroatoms. The van der Waals surface area contributed by atoms with Crippen LogP contribution < -0.4 is 5.56 Å². The number of aromatic nitrogens is 3. The van der Waals surface area contributed by atoms with Gasteiger partial charge in [-0.25, -0.2) is 4.68 Å². The van der Waals surface area contributed by atoms with Crippen LogP contribution in [0.3, 0.4) is 0 Å². The number of nitrogens with one attached hydrogen (secondary N) is 2. The Morgan fingerprint density at radius 1 is 1.23 bits per heavy atom. The van der Waals surface area contributed by atoms with Crippen LogP contribution in [0.5, 0.6) is 0 Å². The number of rotatable bonds is 6. The second kappa shape index (κ2) is 8.23. The van der Waals surface area contributed by atoms with E-state index in [4.69, 9.17) is 11.6 Å². The zero-order chi connectivity index (χ0) is 22.1. The van der Waals surface area contributed by atoms with Crippen molar-refractivity contribution in [2.24, 2.45) is 4.99 Å². The maximum Gasteiger partial charge on any atom is 0.280 e. The summed E-state index contributed by atoms with van der Waals surface area (Å²) in [6.45, 7) is 4.13. The summed E-state index contributed by atoms with van der Waals surface area (Å²) >= 11 is 6.11. The molecule has 0 bridgehead atoms. The Balaban J connectivity index is 1.56. The maximum atomic E-state index is 13.0. The number of nitro groups is 1. The lowest BCUT2D eigenvalue weighted by Crippen LogP contribution is -2.20. The zero-order valence-corrected chi connectivity index (χ0v) is 17.7. The number of benzene rings is 2. The van der Waals surface area contributed by atoms with E-state index in [1.807, 2.05) is 31.3 Å². The highest BCUT2D eigenvalue weighted by Crippen LogP contribution is 2.23. The van der Waals surface area contributed by atoms with Gasteiger partial charge in [0, 0.05) is 52.2 Å². The number of hydrogen-bond acceptors (Lipinski definition) is 4. The second-order valence-electron chi connectivity index (χ2n) is 7.25. The van der Waals surface area contributed by atoms with Crippen molar-refractivity contribution in [3.8, 4) is 5.69 Å². The van der Waals surface area contributed by atoms with Crippen LogP contribution in [0.25, 0.3) is 16.6 Å². The van der Waals surface area contributed by atoms with Gasteiger partial charge in [0.2, 0.25) is 0 Å². The van der Waals surface area contributed by atoms with Crippen molar-refractivity contribution in [1.82, 2.24) is 14.8 Å². The number of nitrogens with zero attached hydrogens (tertiary/aromatic N) is 3. The molecule has 0 aliphatic carbocycles. The number of fused-ring (bicyclic) bond motifs is 1. The first-order chi connectivity index (χ1) is 14.8. The van der Waals surface area contributed by atoms with Gasteiger partial charge in [-0.3, -0.25) is 25.0 Å². The Morgan fingerprint density at radius 3 is 2.68 bits per heavy atom. The second-order valence-corrected chi connectivity index (χ2v) is 7.68. The van der Waals surface area contributed by atoms with Gasteiger partial charge in [-0.1, -0.05) is 11.6 Å². The Morgan fingerprint density at radius 2 is 1.97 bits per heavy atom. The quantitative estimate of drug-likeness (QED) is 0.262. The predicted octanol–water partition coefficient (Wildman–Crippen LogP) is 4.57. The SMILES string of the molecule is CC(=NCCc1c[nH]c2ccc(Cl)cc12)c1c(C)[nH]n(-c2ccc([N+](=O)[O-])cc2)c1=O. The summed E-state index contributed by atoms with van der Waals surface area (Å²) in [4.78, 5) is 31.2. The molecule has 0 spiro atoms. The Bertz CT molecular complexity index is 1360. The standard InChI is InChI=1S/C22H20ClN5O3/c1-13(24-10-9-15-12-25-20-8-3-16(23)11-19(15)20)21-14(2)26-27(22(21)29)17-4-6-18(7-5-17)28(30)31/h3-8,11-12,25-26H,9-10H2,1-2H3. The lowest BCUT2D eigenvalue weighted by Gasteiger charge is -2.01. The van der Waals surface area contributed by atoms with Gasteiger partial charge in [-0.05, 0) is 56.2 Å². The third-order valence-corrected chi connectivity index (χ3v) is 5.45. The molecule has 0 fully saturated rings. The summed E-state index contributed by atoms with van der Waals surface area (Å²) in [5, 5.41) is 15.6. The van der Waals surface area contributed by atoms with Crippen LogP contribution in [0.15, 0.2) is 58.4 Å². The molecule has 0 saturated heterocycles. The minimum absolute atomic E-state index is 0.0309. The molecule has 31 heavy (non-hydrogen) atoms. The highest BCUT2D eigenvalue weighted by molar-refractivity contribution is 6.31. The highest BCUT2D eigenvalue weighted by Gasteiger charge is 2.16. The van der Waals surface area contributed by atoms with Crippen molar-refractivity contribution in [3.63, 3.8) is 0 Å². The number of aromatic amines is 2. The fourth-order valence-corrected chi connectivity index (χ4v) is 3.83. The summed E-state index contributed by atoms with van der Waals surface area (Å²) in [6.07, 6.45) is 2.66. The Kier molecular flexibility index (Phi) is 5.48. The third kappa shape index (κ3) is 4.02. The molecule has 2 aromatic heterocycles. The molecule has 0 unspecified atom stereocenters. The van der Waals surface area contributed by atoms with Gasteiger partial charge in [0.15, 0.2) is 0 Å². The number of aliphatic imine (C=N–C) groups is 1. The van der Waals surface area contributed by atoms with Crippen LogP contribution in [0.1, 0.15) is 23.7 Å². The monoisotopic (exact) mass is 437 g/mol. The molecule has 158 valence electrons. The van der Waals surface area contributed by atoms with Gasteiger partial charge in [0.25, 0.3) is 11.2 Å². The fraction of sp³-hybridized carbons (Fsp3) is 0.182. The summed E-state index contributed by atoms with van der Waals surface area (Å²) in [5.74, 6) is 0. The van der Waals surface area contributed by atoms with E-state index in [1.54, 1.807) is 6.92 Å². The van der Waals surface area contributed by atoms with E-state index in [1.165, 1.54) is 28.9 Å². The van der Waals surface area contributed by atoms with Crippen molar-refractivity contribution in [1.29, 1.82) is 0 Å². The maximum absolute atomic E-state index is 13.0. The van der Waals surface area contributed by atoms with Crippen LogP contribution in [0.4, 0.5) is 5.69 Å². The molecule has 0 saturated carbocycles. The molecule has 8 nitrogen and oxygen atoms in total. The minimum atomic E-state index is -0.476. The lowest BCUT2D eigenvalue weighted by molar-refractivity contribution is -0.384. The van der Waals surface area contributed by atoms with Crippen LogP contribution >= 0.6 is 11.6 Å². The van der Waals surface area contributed by atoms with E-state index in [-0.39, 0.29) is 11.2 Å².